The van der Waals surface area contributed by atoms with Crippen LogP contribution in [0.4, 0.5) is 0 Å². The van der Waals surface area contributed by atoms with Crippen LogP contribution in [0.3, 0.4) is 0 Å². The number of rotatable bonds is 2. The van der Waals surface area contributed by atoms with Gasteiger partial charge < -0.3 is 0 Å². The highest BCUT2D eigenvalue weighted by Crippen LogP contribution is 2.17. The molecule has 4 nitrogen and oxygen atoms in total. The van der Waals surface area contributed by atoms with Gasteiger partial charge in [0.2, 0.25) is 0 Å². The molecule has 0 fully saturated rings. The molecule has 0 radical (unpaired) electrons. The largest absolute Gasteiger partial charge is 0.296 e. The van der Waals surface area contributed by atoms with Gasteiger partial charge in [-0.3, -0.25) is 4.79 Å². The maximum atomic E-state index is 10.9. The molecule has 0 N–H and O–H groups in total. The molecule has 0 amide bonds. The predicted octanol–water partition coefficient (Wildman–Crippen LogP) is 1.43. The molecule has 1 aromatic heterocycles. The second-order valence-electron chi connectivity index (χ2n) is 2.11. The number of pyridine rings is 1. The molecule has 0 aliphatic heterocycles. The molecule has 1 rings (SSSR count). The smallest absolute Gasteiger partial charge is 0.261 e. The average molecular weight is 332 g/mol. The van der Waals surface area contributed by atoms with Crippen LogP contribution in [0.1, 0.15) is 10.5 Å². The summed E-state index contributed by atoms with van der Waals surface area (Å²) >= 11 is 1.80. The van der Waals surface area contributed by atoms with Gasteiger partial charge >= 0.3 is 0 Å². The summed E-state index contributed by atoms with van der Waals surface area (Å²) in [5.41, 5.74) is 0.0473. The van der Waals surface area contributed by atoms with Crippen molar-refractivity contribution in [3.05, 3.63) is 21.5 Å². The first-order valence-electron chi connectivity index (χ1n) is 3.01. The van der Waals surface area contributed by atoms with Crippen LogP contribution in [0.2, 0.25) is 0 Å². The molecular formula is C6H3ClINO3S. The van der Waals surface area contributed by atoms with Crippen molar-refractivity contribution >= 4 is 48.6 Å². The molecule has 0 saturated carbocycles. The van der Waals surface area contributed by atoms with Crippen LogP contribution in [0.25, 0.3) is 0 Å². The van der Waals surface area contributed by atoms with E-state index in [1.165, 1.54) is 6.07 Å². The van der Waals surface area contributed by atoms with E-state index in [0.29, 0.717) is 9.99 Å². The molecule has 70 valence electrons. The van der Waals surface area contributed by atoms with E-state index in [1.807, 2.05) is 0 Å². The lowest BCUT2D eigenvalue weighted by atomic mass is 10.4. The Labute approximate surface area is 92.9 Å². The molecule has 1 heterocycles. The van der Waals surface area contributed by atoms with Gasteiger partial charge in [-0.2, -0.15) is 0 Å². The van der Waals surface area contributed by atoms with Crippen molar-refractivity contribution in [3.8, 4) is 0 Å². The van der Waals surface area contributed by atoms with Crippen LogP contribution in [-0.2, 0) is 9.05 Å². The van der Waals surface area contributed by atoms with Gasteiger partial charge in [-0.15, -0.1) is 0 Å². The van der Waals surface area contributed by atoms with Gasteiger partial charge in [0.15, 0.2) is 6.29 Å². The van der Waals surface area contributed by atoms with Crippen LogP contribution in [-0.4, -0.2) is 19.7 Å². The first kappa shape index (κ1) is 10.9. The van der Waals surface area contributed by atoms with Crippen molar-refractivity contribution in [2.24, 2.45) is 0 Å². The number of hydrogen-bond acceptors (Lipinski definition) is 4. The molecule has 0 atom stereocenters. The van der Waals surface area contributed by atoms with Crippen molar-refractivity contribution in [1.82, 2.24) is 4.98 Å². The molecule has 0 aliphatic carbocycles. The van der Waals surface area contributed by atoms with E-state index in [9.17, 15) is 13.2 Å². The molecule has 0 bridgehead atoms. The van der Waals surface area contributed by atoms with Gasteiger partial charge in [0.1, 0.15) is 9.39 Å². The van der Waals surface area contributed by atoms with Crippen molar-refractivity contribution in [2.45, 2.75) is 4.90 Å². The summed E-state index contributed by atoms with van der Waals surface area (Å²) in [6.07, 6.45) is 0.466. The van der Waals surface area contributed by atoms with Gasteiger partial charge in [0.05, 0.1) is 4.90 Å². The van der Waals surface area contributed by atoms with Gasteiger partial charge in [-0.25, -0.2) is 13.4 Å². The second kappa shape index (κ2) is 3.89. The maximum Gasteiger partial charge on any atom is 0.261 e. The molecule has 0 spiro atoms. The molecule has 1 aromatic rings. The fourth-order valence-electron chi connectivity index (χ4n) is 0.694. The van der Waals surface area contributed by atoms with Gasteiger partial charge in [0, 0.05) is 10.7 Å². The standard InChI is InChI=1S/C6H3ClINO3S/c7-13(11,12)5-1-4(3-10)9-6(8)2-5/h1-3H. The Morgan fingerprint density at radius 2 is 2.08 bits per heavy atom. The van der Waals surface area contributed by atoms with Gasteiger partial charge in [-0.1, -0.05) is 0 Å². The molecular weight excluding hydrogens is 328 g/mol. The normalized spacial score (nSPS) is 11.2. The van der Waals surface area contributed by atoms with E-state index in [2.05, 4.69) is 4.98 Å². The van der Waals surface area contributed by atoms with E-state index < -0.39 is 9.05 Å². The van der Waals surface area contributed by atoms with Gasteiger partial charge in [-0.05, 0) is 34.7 Å². The summed E-state index contributed by atoms with van der Waals surface area (Å²) < 4.78 is 22.1. The van der Waals surface area contributed by atoms with Crippen LogP contribution in [0.5, 0.6) is 0 Å². The summed E-state index contributed by atoms with van der Waals surface area (Å²) in [5, 5.41) is 0. The number of nitrogens with zero attached hydrogens (tertiary/aromatic N) is 1. The Bertz CT molecular complexity index is 445. The van der Waals surface area contributed by atoms with Crippen molar-refractivity contribution in [2.75, 3.05) is 0 Å². The maximum absolute atomic E-state index is 10.9. The zero-order valence-electron chi connectivity index (χ0n) is 6.07. The monoisotopic (exact) mass is 331 g/mol. The lowest BCUT2D eigenvalue weighted by molar-refractivity contribution is 0.111. The minimum Gasteiger partial charge on any atom is -0.296 e. The van der Waals surface area contributed by atoms with Gasteiger partial charge in [0.25, 0.3) is 9.05 Å². The summed E-state index contributed by atoms with van der Waals surface area (Å²) in [5.74, 6) is 0. The van der Waals surface area contributed by atoms with E-state index in [1.54, 1.807) is 22.6 Å². The molecule has 7 heteroatoms. The summed E-state index contributed by atoms with van der Waals surface area (Å²) in [4.78, 5) is 14.0. The Morgan fingerprint density at radius 1 is 1.46 bits per heavy atom. The Hall–Kier alpha value is -0.210. The molecule has 0 unspecified atom stereocenters. The summed E-state index contributed by atoms with van der Waals surface area (Å²) in [6, 6.07) is 2.41. The molecule has 13 heavy (non-hydrogen) atoms. The third-order valence-electron chi connectivity index (χ3n) is 1.19. The van der Waals surface area contributed by atoms with Crippen LogP contribution in [0.15, 0.2) is 17.0 Å². The van der Waals surface area contributed by atoms with Crippen LogP contribution >= 0.6 is 33.3 Å². The Kier molecular flexibility index (Phi) is 3.25. The number of aldehydes is 1. The van der Waals surface area contributed by atoms with Crippen LogP contribution in [0, 0.1) is 3.70 Å². The minimum absolute atomic E-state index is 0.0473. The van der Waals surface area contributed by atoms with Crippen LogP contribution < -0.4 is 0 Å². The predicted molar refractivity (Wildman–Crippen MR) is 55.4 cm³/mol. The first-order valence-corrected chi connectivity index (χ1v) is 6.40. The van der Waals surface area contributed by atoms with E-state index in [4.69, 9.17) is 10.7 Å². The highest BCUT2D eigenvalue weighted by molar-refractivity contribution is 14.1. The summed E-state index contributed by atoms with van der Waals surface area (Å²) in [7, 11) is 1.30. The topological polar surface area (TPSA) is 64.1 Å². The van der Waals surface area contributed by atoms with E-state index >= 15 is 0 Å². The third-order valence-corrected chi connectivity index (χ3v) is 3.08. The lowest BCUT2D eigenvalue weighted by Crippen LogP contribution is -1.97. The first-order chi connectivity index (χ1) is 5.93. The van der Waals surface area contributed by atoms with Crippen molar-refractivity contribution < 1.29 is 13.2 Å². The van der Waals surface area contributed by atoms with E-state index in [-0.39, 0.29) is 10.6 Å². The number of carbonyl (C=O) groups excluding carboxylic acids is 1. The minimum atomic E-state index is -3.79. The second-order valence-corrected chi connectivity index (χ2v) is 5.78. The third kappa shape index (κ3) is 2.89. The quantitative estimate of drug-likeness (QED) is 0.356. The summed E-state index contributed by atoms with van der Waals surface area (Å²) in [6.45, 7) is 0. The Balaban J connectivity index is 3.41. The number of hydrogen-bond donors (Lipinski definition) is 0. The lowest BCUT2D eigenvalue weighted by Gasteiger charge is -1.97. The Morgan fingerprint density at radius 3 is 2.54 bits per heavy atom. The SMILES string of the molecule is O=Cc1cc(S(=O)(=O)Cl)cc(I)n1. The zero-order valence-corrected chi connectivity index (χ0v) is 9.80. The molecule has 0 saturated heterocycles. The average Bonchev–Trinajstić information content (AvgIpc) is 2.01. The fourth-order valence-corrected chi connectivity index (χ4v) is 2.30. The highest BCUT2D eigenvalue weighted by atomic mass is 127. The zero-order chi connectivity index (χ0) is 10.1. The highest BCUT2D eigenvalue weighted by Gasteiger charge is 2.12. The van der Waals surface area contributed by atoms with E-state index in [0.717, 1.165) is 6.07 Å². The number of halogens is 2. The molecule has 0 aliphatic rings. The number of carbonyl (C=O) groups is 1. The fraction of sp³-hybridized carbons (Fsp3) is 0. The molecule has 0 aromatic carbocycles. The van der Waals surface area contributed by atoms with Crippen molar-refractivity contribution in [3.63, 3.8) is 0 Å². The number of aromatic nitrogens is 1. The van der Waals surface area contributed by atoms with Crippen molar-refractivity contribution in [1.29, 1.82) is 0 Å².